The third kappa shape index (κ3) is 3.27. The monoisotopic (exact) mass is 233 g/mol. The van der Waals surface area contributed by atoms with E-state index in [9.17, 15) is 0 Å². The minimum Gasteiger partial charge on any atom is -0.317 e. The zero-order valence-corrected chi connectivity index (χ0v) is 10.9. The van der Waals surface area contributed by atoms with Crippen LogP contribution in [0.25, 0.3) is 0 Å². The molecule has 0 atom stereocenters. The molecule has 3 nitrogen and oxygen atoms in total. The summed E-state index contributed by atoms with van der Waals surface area (Å²) in [6.07, 6.45) is 4.43. The van der Waals surface area contributed by atoms with Crippen LogP contribution in [0, 0.1) is 6.92 Å². The van der Waals surface area contributed by atoms with Gasteiger partial charge in [-0.15, -0.1) is 0 Å². The fourth-order valence-electron chi connectivity index (χ4n) is 2.55. The number of rotatable bonds is 4. The Labute approximate surface area is 104 Å². The van der Waals surface area contributed by atoms with Crippen molar-refractivity contribution in [1.29, 1.82) is 0 Å². The summed E-state index contributed by atoms with van der Waals surface area (Å²) in [4.78, 5) is 7.07. The Bertz CT molecular complexity index is 345. The smallest absolute Gasteiger partial charge is 0.0573 e. The van der Waals surface area contributed by atoms with Crippen LogP contribution in [0.1, 0.15) is 31.0 Å². The Morgan fingerprint density at radius 2 is 2.18 bits per heavy atom. The molecule has 1 aromatic heterocycles. The Kier molecular flexibility index (Phi) is 4.51. The SMILES string of the molecule is CCN(Cc1ncccc1C)C1CCNCC1. The molecule has 3 heteroatoms. The number of hydrogen-bond donors (Lipinski definition) is 1. The minimum atomic E-state index is 0.725. The van der Waals surface area contributed by atoms with Crippen molar-refractivity contribution in [2.45, 2.75) is 39.3 Å². The molecule has 0 bridgehead atoms. The lowest BCUT2D eigenvalue weighted by Gasteiger charge is -2.33. The molecule has 1 aromatic rings. The molecule has 0 spiro atoms. The van der Waals surface area contributed by atoms with Crippen molar-refractivity contribution in [1.82, 2.24) is 15.2 Å². The predicted octanol–water partition coefficient (Wildman–Crippen LogP) is 1.96. The molecule has 1 fully saturated rings. The lowest BCUT2D eigenvalue weighted by molar-refractivity contribution is 0.160. The molecule has 2 heterocycles. The molecule has 1 aliphatic rings. The van der Waals surface area contributed by atoms with Gasteiger partial charge in [-0.2, -0.15) is 0 Å². The van der Waals surface area contributed by atoms with Gasteiger partial charge < -0.3 is 5.32 Å². The summed E-state index contributed by atoms with van der Waals surface area (Å²) in [6, 6.07) is 4.89. The summed E-state index contributed by atoms with van der Waals surface area (Å²) in [6.45, 7) is 8.82. The second-order valence-corrected chi connectivity index (χ2v) is 4.81. The summed E-state index contributed by atoms with van der Waals surface area (Å²) in [5.74, 6) is 0. The summed E-state index contributed by atoms with van der Waals surface area (Å²) in [5, 5.41) is 3.43. The van der Waals surface area contributed by atoms with Gasteiger partial charge in [-0.1, -0.05) is 13.0 Å². The molecule has 0 aromatic carbocycles. The number of aromatic nitrogens is 1. The van der Waals surface area contributed by atoms with Crippen molar-refractivity contribution in [3.8, 4) is 0 Å². The van der Waals surface area contributed by atoms with Crippen LogP contribution in [0.15, 0.2) is 18.3 Å². The number of nitrogens with zero attached hydrogens (tertiary/aromatic N) is 2. The number of pyridine rings is 1. The van der Waals surface area contributed by atoms with Crippen LogP contribution in [0.3, 0.4) is 0 Å². The van der Waals surface area contributed by atoms with Crippen LogP contribution >= 0.6 is 0 Å². The maximum Gasteiger partial charge on any atom is 0.0573 e. The van der Waals surface area contributed by atoms with Crippen LogP contribution in [0.2, 0.25) is 0 Å². The quantitative estimate of drug-likeness (QED) is 0.861. The molecular formula is C14H23N3. The molecule has 0 aliphatic carbocycles. The van der Waals surface area contributed by atoms with Crippen LogP contribution in [0.4, 0.5) is 0 Å². The standard InChI is InChI=1S/C14H23N3/c1-3-17(13-6-9-15-10-7-13)11-14-12(2)5-4-8-16-14/h4-5,8,13,15H,3,6-7,9-11H2,1-2H3. The first-order valence-corrected chi connectivity index (χ1v) is 6.66. The molecule has 1 saturated heterocycles. The van der Waals surface area contributed by atoms with Crippen molar-refractivity contribution in [2.24, 2.45) is 0 Å². The van der Waals surface area contributed by atoms with Crippen LogP contribution < -0.4 is 5.32 Å². The van der Waals surface area contributed by atoms with Gasteiger partial charge in [0.2, 0.25) is 0 Å². The normalized spacial score (nSPS) is 17.6. The van der Waals surface area contributed by atoms with Gasteiger partial charge in [0.1, 0.15) is 0 Å². The van der Waals surface area contributed by atoms with Gasteiger partial charge in [-0.3, -0.25) is 9.88 Å². The van der Waals surface area contributed by atoms with E-state index in [4.69, 9.17) is 0 Å². The highest BCUT2D eigenvalue weighted by Gasteiger charge is 2.20. The van der Waals surface area contributed by atoms with E-state index in [1.165, 1.54) is 24.1 Å². The molecule has 2 rings (SSSR count). The van der Waals surface area contributed by atoms with E-state index in [1.807, 2.05) is 12.3 Å². The second kappa shape index (κ2) is 6.12. The molecule has 0 saturated carbocycles. The topological polar surface area (TPSA) is 28.2 Å². The molecular weight excluding hydrogens is 210 g/mol. The average molecular weight is 233 g/mol. The number of piperidine rings is 1. The second-order valence-electron chi connectivity index (χ2n) is 4.81. The highest BCUT2D eigenvalue weighted by molar-refractivity contribution is 5.17. The van der Waals surface area contributed by atoms with Crippen molar-refractivity contribution in [2.75, 3.05) is 19.6 Å². The van der Waals surface area contributed by atoms with Crippen molar-refractivity contribution < 1.29 is 0 Å². The van der Waals surface area contributed by atoms with Crippen molar-refractivity contribution in [3.05, 3.63) is 29.6 Å². The maximum atomic E-state index is 4.50. The van der Waals surface area contributed by atoms with Gasteiger partial charge in [0.25, 0.3) is 0 Å². The van der Waals surface area contributed by atoms with E-state index in [0.29, 0.717) is 0 Å². The van der Waals surface area contributed by atoms with Gasteiger partial charge in [0.05, 0.1) is 5.69 Å². The largest absolute Gasteiger partial charge is 0.317 e. The predicted molar refractivity (Wildman–Crippen MR) is 70.9 cm³/mol. The number of hydrogen-bond acceptors (Lipinski definition) is 3. The molecule has 94 valence electrons. The van der Waals surface area contributed by atoms with E-state index in [1.54, 1.807) is 0 Å². The highest BCUT2D eigenvalue weighted by atomic mass is 15.2. The lowest BCUT2D eigenvalue weighted by atomic mass is 10.0. The highest BCUT2D eigenvalue weighted by Crippen LogP contribution is 2.15. The molecule has 0 unspecified atom stereocenters. The first kappa shape index (κ1) is 12.5. The Balaban J connectivity index is 2.01. The van der Waals surface area contributed by atoms with Gasteiger partial charge in [0.15, 0.2) is 0 Å². The third-order valence-electron chi connectivity index (χ3n) is 3.70. The molecule has 17 heavy (non-hydrogen) atoms. The fourth-order valence-corrected chi connectivity index (χ4v) is 2.55. The Hall–Kier alpha value is -0.930. The van der Waals surface area contributed by atoms with Crippen molar-refractivity contribution in [3.63, 3.8) is 0 Å². The summed E-state index contributed by atoms with van der Waals surface area (Å²) >= 11 is 0. The zero-order valence-electron chi connectivity index (χ0n) is 10.9. The summed E-state index contributed by atoms with van der Waals surface area (Å²) in [5.41, 5.74) is 2.53. The van der Waals surface area contributed by atoms with E-state index < -0.39 is 0 Å². The van der Waals surface area contributed by atoms with Gasteiger partial charge in [0, 0.05) is 18.8 Å². The first-order chi connectivity index (χ1) is 8.31. The van der Waals surface area contributed by atoms with Crippen LogP contribution in [-0.4, -0.2) is 35.6 Å². The minimum absolute atomic E-state index is 0.725. The van der Waals surface area contributed by atoms with Crippen molar-refractivity contribution >= 4 is 0 Å². The average Bonchev–Trinajstić information content (AvgIpc) is 2.39. The Morgan fingerprint density at radius 1 is 1.41 bits per heavy atom. The number of nitrogens with one attached hydrogen (secondary N) is 1. The molecule has 1 aliphatic heterocycles. The van der Waals surface area contributed by atoms with Gasteiger partial charge in [-0.25, -0.2) is 0 Å². The van der Waals surface area contributed by atoms with E-state index in [0.717, 1.165) is 32.2 Å². The molecule has 0 radical (unpaired) electrons. The Morgan fingerprint density at radius 3 is 2.82 bits per heavy atom. The summed E-state index contributed by atoms with van der Waals surface area (Å²) in [7, 11) is 0. The lowest BCUT2D eigenvalue weighted by Crippen LogP contribution is -2.42. The van der Waals surface area contributed by atoms with Crippen LogP contribution in [-0.2, 0) is 6.54 Å². The van der Waals surface area contributed by atoms with Crippen LogP contribution in [0.5, 0.6) is 0 Å². The third-order valence-corrected chi connectivity index (χ3v) is 3.70. The summed E-state index contributed by atoms with van der Waals surface area (Å²) < 4.78 is 0. The van der Waals surface area contributed by atoms with Gasteiger partial charge in [-0.05, 0) is 51.0 Å². The van der Waals surface area contributed by atoms with Gasteiger partial charge >= 0.3 is 0 Å². The number of aryl methyl sites for hydroxylation is 1. The van der Waals surface area contributed by atoms with E-state index >= 15 is 0 Å². The molecule has 0 amide bonds. The molecule has 1 N–H and O–H groups in total. The fraction of sp³-hybridized carbons (Fsp3) is 0.643. The van der Waals surface area contributed by atoms with E-state index in [2.05, 4.69) is 35.1 Å². The first-order valence-electron chi connectivity index (χ1n) is 6.66. The van der Waals surface area contributed by atoms with E-state index in [-0.39, 0.29) is 0 Å². The zero-order chi connectivity index (χ0) is 12.1. The maximum absolute atomic E-state index is 4.50.